The molecule has 5 nitrogen and oxygen atoms in total. The molecule has 0 atom stereocenters. The Hall–Kier alpha value is -2.81. The molecule has 0 radical (unpaired) electrons. The number of rotatable bonds is 7. The van der Waals surface area contributed by atoms with E-state index < -0.39 is 39.1 Å². The van der Waals surface area contributed by atoms with Gasteiger partial charge in [0.15, 0.2) is 0 Å². The SMILES string of the molecule is C=C(C)N(CC(=O)N(c1ccccc1)C(C)C)S(=O)(=O)c1ccccc1C(F)(F)F. The lowest BCUT2D eigenvalue weighted by Gasteiger charge is -2.31. The van der Waals surface area contributed by atoms with E-state index in [1.165, 1.54) is 17.9 Å². The number of sulfonamides is 1. The van der Waals surface area contributed by atoms with E-state index in [1.807, 2.05) is 0 Å². The van der Waals surface area contributed by atoms with Crippen molar-refractivity contribution in [2.24, 2.45) is 0 Å². The van der Waals surface area contributed by atoms with Gasteiger partial charge in [0.2, 0.25) is 5.91 Å². The molecule has 0 spiro atoms. The van der Waals surface area contributed by atoms with Crippen molar-refractivity contribution in [1.82, 2.24) is 4.31 Å². The van der Waals surface area contributed by atoms with Crippen molar-refractivity contribution in [3.63, 3.8) is 0 Å². The summed E-state index contributed by atoms with van der Waals surface area (Å²) in [6, 6.07) is 12.2. The van der Waals surface area contributed by atoms with Crippen LogP contribution in [0.25, 0.3) is 0 Å². The summed E-state index contributed by atoms with van der Waals surface area (Å²) in [5.41, 5.74) is -0.822. The minimum atomic E-state index is -4.87. The van der Waals surface area contributed by atoms with Crippen LogP contribution in [-0.4, -0.2) is 31.2 Å². The molecule has 162 valence electrons. The van der Waals surface area contributed by atoms with E-state index in [0.717, 1.165) is 12.1 Å². The number of hydrogen-bond donors (Lipinski definition) is 0. The highest BCUT2D eigenvalue weighted by molar-refractivity contribution is 7.89. The molecule has 9 heteroatoms. The minimum absolute atomic E-state index is 0.0721. The highest BCUT2D eigenvalue weighted by Crippen LogP contribution is 2.35. The van der Waals surface area contributed by atoms with Crippen molar-refractivity contribution in [3.05, 3.63) is 72.4 Å². The fourth-order valence-electron chi connectivity index (χ4n) is 2.99. The number of hydrogen-bond acceptors (Lipinski definition) is 3. The van der Waals surface area contributed by atoms with E-state index in [2.05, 4.69) is 6.58 Å². The Kier molecular flexibility index (Phi) is 6.97. The first-order valence-electron chi connectivity index (χ1n) is 9.09. The van der Waals surface area contributed by atoms with Crippen molar-refractivity contribution in [3.8, 4) is 0 Å². The van der Waals surface area contributed by atoms with Crippen LogP contribution in [0.2, 0.25) is 0 Å². The van der Waals surface area contributed by atoms with Crippen LogP contribution in [0.15, 0.2) is 71.8 Å². The minimum Gasteiger partial charge on any atom is -0.308 e. The molecule has 0 fully saturated rings. The van der Waals surface area contributed by atoms with Gasteiger partial charge in [-0.15, -0.1) is 0 Å². The maximum atomic E-state index is 13.4. The number of anilines is 1. The zero-order chi connectivity index (χ0) is 22.7. The Morgan fingerprint density at radius 1 is 1.03 bits per heavy atom. The number of para-hydroxylation sites is 1. The molecule has 0 aliphatic heterocycles. The second kappa shape index (κ2) is 8.91. The second-order valence-electron chi connectivity index (χ2n) is 6.93. The Labute approximate surface area is 174 Å². The van der Waals surface area contributed by atoms with E-state index in [1.54, 1.807) is 44.2 Å². The zero-order valence-corrected chi connectivity index (χ0v) is 17.7. The molecule has 0 N–H and O–H groups in total. The average Bonchev–Trinajstić information content (AvgIpc) is 2.65. The molecule has 1 amide bonds. The molecule has 0 aromatic heterocycles. The molecule has 0 saturated carbocycles. The molecule has 2 rings (SSSR count). The van der Waals surface area contributed by atoms with Crippen molar-refractivity contribution >= 4 is 21.6 Å². The first-order chi connectivity index (χ1) is 13.9. The van der Waals surface area contributed by atoms with Crippen LogP contribution >= 0.6 is 0 Å². The van der Waals surface area contributed by atoms with Crippen LogP contribution in [0.1, 0.15) is 26.3 Å². The predicted molar refractivity (Wildman–Crippen MR) is 109 cm³/mol. The summed E-state index contributed by atoms with van der Waals surface area (Å²) in [6.45, 7) is 7.71. The molecule has 0 aliphatic carbocycles. The second-order valence-corrected chi connectivity index (χ2v) is 8.76. The third-order valence-electron chi connectivity index (χ3n) is 4.28. The lowest BCUT2D eigenvalue weighted by molar-refractivity contribution is -0.139. The van der Waals surface area contributed by atoms with E-state index in [-0.39, 0.29) is 11.7 Å². The third kappa shape index (κ3) is 5.02. The van der Waals surface area contributed by atoms with Crippen LogP contribution in [0, 0.1) is 0 Å². The zero-order valence-electron chi connectivity index (χ0n) is 16.8. The number of carbonyl (C=O) groups is 1. The van der Waals surface area contributed by atoms with Gasteiger partial charge in [-0.2, -0.15) is 13.2 Å². The summed E-state index contributed by atoms with van der Waals surface area (Å²) >= 11 is 0. The lowest BCUT2D eigenvalue weighted by Crippen LogP contribution is -2.45. The van der Waals surface area contributed by atoms with Gasteiger partial charge in [-0.25, -0.2) is 8.42 Å². The van der Waals surface area contributed by atoms with E-state index in [0.29, 0.717) is 16.1 Å². The molecule has 0 aliphatic rings. The standard InChI is InChI=1S/C21H23F3N2O3S/c1-15(2)25(14-20(27)26(16(3)4)17-10-6-5-7-11-17)30(28,29)19-13-9-8-12-18(19)21(22,23)24/h5-13,16H,1,14H2,2-4H3. The average molecular weight is 440 g/mol. The van der Waals surface area contributed by atoms with Crippen molar-refractivity contribution in [1.29, 1.82) is 0 Å². The third-order valence-corrected chi connectivity index (χ3v) is 6.22. The summed E-state index contributed by atoms with van der Waals surface area (Å²) in [6.07, 6.45) is -4.87. The monoisotopic (exact) mass is 440 g/mol. The lowest BCUT2D eigenvalue weighted by atomic mass is 10.2. The number of alkyl halides is 3. The van der Waals surface area contributed by atoms with Gasteiger partial charge in [0.25, 0.3) is 10.0 Å². The van der Waals surface area contributed by atoms with Gasteiger partial charge in [-0.1, -0.05) is 36.9 Å². The van der Waals surface area contributed by atoms with Crippen LogP contribution in [-0.2, 0) is 21.0 Å². The number of amides is 1. The summed E-state index contributed by atoms with van der Waals surface area (Å²) in [7, 11) is -4.68. The first kappa shape index (κ1) is 23.5. The highest BCUT2D eigenvalue weighted by Gasteiger charge is 2.39. The van der Waals surface area contributed by atoms with E-state index in [4.69, 9.17) is 0 Å². The van der Waals surface area contributed by atoms with Crippen LogP contribution < -0.4 is 4.90 Å². The highest BCUT2D eigenvalue weighted by atomic mass is 32.2. The summed E-state index contributed by atoms with van der Waals surface area (Å²) in [5.74, 6) is -0.590. The Bertz CT molecular complexity index is 1020. The molecule has 2 aromatic carbocycles. The molecule has 0 unspecified atom stereocenters. The molecular formula is C21H23F3N2O3S. The van der Waals surface area contributed by atoms with Gasteiger partial charge in [0.05, 0.1) is 10.5 Å². The number of nitrogens with zero attached hydrogens (tertiary/aromatic N) is 2. The fourth-order valence-corrected chi connectivity index (χ4v) is 4.63. The summed E-state index contributed by atoms with van der Waals surface area (Å²) < 4.78 is 67.0. The maximum absolute atomic E-state index is 13.4. The van der Waals surface area contributed by atoms with Crippen molar-refractivity contribution in [2.45, 2.75) is 37.9 Å². The quantitative estimate of drug-likeness (QED) is 0.629. The Balaban J connectivity index is 2.48. The van der Waals surface area contributed by atoms with Gasteiger partial charge in [-0.05, 0) is 45.0 Å². The Morgan fingerprint density at radius 2 is 1.57 bits per heavy atom. The smallest absolute Gasteiger partial charge is 0.308 e. The predicted octanol–water partition coefficient (Wildman–Crippen LogP) is 4.67. The normalized spacial score (nSPS) is 12.0. The van der Waals surface area contributed by atoms with Crippen molar-refractivity contribution < 1.29 is 26.4 Å². The molecule has 30 heavy (non-hydrogen) atoms. The number of benzene rings is 2. The summed E-state index contributed by atoms with van der Waals surface area (Å²) in [5, 5.41) is 0. The largest absolute Gasteiger partial charge is 0.417 e. The first-order valence-corrected chi connectivity index (χ1v) is 10.5. The van der Waals surface area contributed by atoms with Crippen molar-refractivity contribution in [2.75, 3.05) is 11.4 Å². The summed E-state index contributed by atoms with van der Waals surface area (Å²) in [4.78, 5) is 13.5. The molecule has 0 heterocycles. The van der Waals surface area contributed by atoms with E-state index >= 15 is 0 Å². The van der Waals surface area contributed by atoms with E-state index in [9.17, 15) is 26.4 Å². The van der Waals surface area contributed by atoms with Gasteiger partial charge in [0, 0.05) is 17.4 Å². The van der Waals surface area contributed by atoms with Gasteiger partial charge < -0.3 is 4.90 Å². The molecular weight excluding hydrogens is 417 g/mol. The van der Waals surface area contributed by atoms with Gasteiger partial charge in [0.1, 0.15) is 6.54 Å². The topological polar surface area (TPSA) is 57.7 Å². The van der Waals surface area contributed by atoms with Crippen LogP contribution in [0.4, 0.5) is 18.9 Å². The van der Waals surface area contributed by atoms with Gasteiger partial charge in [-0.3, -0.25) is 9.10 Å². The van der Waals surface area contributed by atoms with Crippen LogP contribution in [0.5, 0.6) is 0 Å². The fraction of sp³-hybridized carbons (Fsp3) is 0.286. The maximum Gasteiger partial charge on any atom is 0.417 e. The molecule has 0 saturated heterocycles. The molecule has 0 bridgehead atoms. The number of allylic oxidation sites excluding steroid dienone is 1. The van der Waals surface area contributed by atoms with Crippen LogP contribution in [0.3, 0.4) is 0 Å². The molecule has 2 aromatic rings. The number of halogens is 3. The van der Waals surface area contributed by atoms with Gasteiger partial charge >= 0.3 is 6.18 Å². The Morgan fingerprint density at radius 3 is 2.07 bits per heavy atom. The number of carbonyl (C=O) groups excluding carboxylic acids is 1.